The second kappa shape index (κ2) is 10.5. The molecule has 26 heavy (non-hydrogen) atoms. The van der Waals surface area contributed by atoms with Crippen molar-refractivity contribution >= 4 is 16.3 Å². The fourth-order valence-electron chi connectivity index (χ4n) is 2.32. The zero-order chi connectivity index (χ0) is 17.9. The second-order valence-corrected chi connectivity index (χ2v) is 6.56. The maximum Gasteiger partial charge on any atom is 0.120 e. The smallest absolute Gasteiger partial charge is 0.120 e. The Balaban J connectivity index is 1.27. The minimum Gasteiger partial charge on any atom is -0.491 e. The van der Waals surface area contributed by atoms with Crippen molar-refractivity contribution in [2.24, 2.45) is 0 Å². The van der Waals surface area contributed by atoms with Crippen molar-refractivity contribution in [3.63, 3.8) is 0 Å². The average Bonchev–Trinajstić information content (AvgIpc) is 3.21. The fraction of sp³-hybridized carbons (Fsp3) is 0.238. The Kier molecular flexibility index (Phi) is 7.38. The fourth-order valence-corrected chi connectivity index (χ4v) is 2.97. The number of anilines is 1. The van der Waals surface area contributed by atoms with Crippen LogP contribution in [0.3, 0.4) is 0 Å². The van der Waals surface area contributed by atoms with Gasteiger partial charge in [0, 0.05) is 6.54 Å². The molecule has 0 spiro atoms. The lowest BCUT2D eigenvalue weighted by molar-refractivity contribution is 0.107. The monoisotopic (exact) mass is 369 g/mol. The standard InChI is InChI=1S/C21H23NO3S/c1-2-5-18(6-3-1)17-25-20-10-8-19(9-11-20)24-15-14-23-13-12-22-21-7-4-16-26-21/h1-11,16,22H,12-15,17H2. The number of hydrogen-bond donors (Lipinski definition) is 1. The highest BCUT2D eigenvalue weighted by molar-refractivity contribution is 7.14. The van der Waals surface area contributed by atoms with E-state index in [1.165, 1.54) is 5.00 Å². The molecule has 0 amide bonds. The van der Waals surface area contributed by atoms with E-state index in [4.69, 9.17) is 14.2 Å². The maximum atomic E-state index is 5.76. The minimum atomic E-state index is 0.531. The van der Waals surface area contributed by atoms with Crippen LogP contribution in [0.4, 0.5) is 5.00 Å². The van der Waals surface area contributed by atoms with Crippen LogP contribution in [0.15, 0.2) is 72.1 Å². The third-order valence-electron chi connectivity index (χ3n) is 3.64. The Bertz CT molecular complexity index is 730. The molecule has 0 radical (unpaired) electrons. The van der Waals surface area contributed by atoms with Crippen molar-refractivity contribution < 1.29 is 14.2 Å². The SMILES string of the molecule is c1ccc(COc2ccc(OCCOCCNc3cccs3)cc2)cc1. The molecule has 0 aliphatic rings. The van der Waals surface area contributed by atoms with E-state index < -0.39 is 0 Å². The first-order valence-electron chi connectivity index (χ1n) is 8.65. The summed E-state index contributed by atoms with van der Waals surface area (Å²) in [5.41, 5.74) is 1.15. The second-order valence-electron chi connectivity index (χ2n) is 5.61. The molecular formula is C21H23NO3S. The third-order valence-corrected chi connectivity index (χ3v) is 4.46. The number of nitrogens with one attached hydrogen (secondary N) is 1. The third kappa shape index (κ3) is 6.43. The number of benzene rings is 2. The van der Waals surface area contributed by atoms with E-state index in [0.29, 0.717) is 26.4 Å². The highest BCUT2D eigenvalue weighted by Gasteiger charge is 1.98. The van der Waals surface area contributed by atoms with Crippen LogP contribution >= 0.6 is 11.3 Å². The molecule has 0 fully saturated rings. The summed E-state index contributed by atoms with van der Waals surface area (Å²) in [7, 11) is 0. The molecule has 0 bridgehead atoms. The molecule has 1 heterocycles. The summed E-state index contributed by atoms with van der Waals surface area (Å²) in [6, 6.07) is 21.9. The minimum absolute atomic E-state index is 0.531. The van der Waals surface area contributed by atoms with Crippen LogP contribution in [-0.2, 0) is 11.3 Å². The number of ether oxygens (including phenoxy) is 3. The molecule has 0 saturated carbocycles. The molecule has 0 unspecified atom stereocenters. The van der Waals surface area contributed by atoms with Gasteiger partial charge in [-0.25, -0.2) is 0 Å². The van der Waals surface area contributed by atoms with Crippen molar-refractivity contribution in [2.75, 3.05) is 31.7 Å². The van der Waals surface area contributed by atoms with Crippen molar-refractivity contribution in [2.45, 2.75) is 6.61 Å². The average molecular weight is 369 g/mol. The van der Waals surface area contributed by atoms with Crippen LogP contribution in [0.2, 0.25) is 0 Å². The molecule has 1 aromatic heterocycles. The lowest BCUT2D eigenvalue weighted by Gasteiger charge is -2.09. The first kappa shape index (κ1) is 18.3. The topological polar surface area (TPSA) is 39.7 Å². The van der Waals surface area contributed by atoms with E-state index in [0.717, 1.165) is 23.6 Å². The van der Waals surface area contributed by atoms with Gasteiger partial charge in [0.05, 0.1) is 18.2 Å². The lowest BCUT2D eigenvalue weighted by atomic mass is 10.2. The van der Waals surface area contributed by atoms with Crippen molar-refractivity contribution in [1.29, 1.82) is 0 Å². The summed E-state index contributed by atoms with van der Waals surface area (Å²) in [5.74, 6) is 1.65. The van der Waals surface area contributed by atoms with Crippen molar-refractivity contribution in [1.82, 2.24) is 0 Å². The van der Waals surface area contributed by atoms with Gasteiger partial charge in [-0.1, -0.05) is 30.3 Å². The Morgan fingerprint density at radius 1 is 0.731 bits per heavy atom. The van der Waals surface area contributed by atoms with E-state index in [-0.39, 0.29) is 0 Å². The molecule has 5 heteroatoms. The number of thiophene rings is 1. The van der Waals surface area contributed by atoms with Crippen LogP contribution in [0.5, 0.6) is 11.5 Å². The van der Waals surface area contributed by atoms with Crippen molar-refractivity contribution in [3.8, 4) is 11.5 Å². The zero-order valence-corrected chi connectivity index (χ0v) is 15.4. The van der Waals surface area contributed by atoms with Crippen LogP contribution < -0.4 is 14.8 Å². The normalized spacial score (nSPS) is 10.5. The molecule has 3 rings (SSSR count). The molecule has 0 saturated heterocycles. The summed E-state index contributed by atoms with van der Waals surface area (Å²) < 4.78 is 17.0. The van der Waals surface area contributed by atoms with E-state index >= 15 is 0 Å². The summed E-state index contributed by atoms with van der Waals surface area (Å²) in [6.07, 6.45) is 0. The number of rotatable bonds is 11. The lowest BCUT2D eigenvalue weighted by Crippen LogP contribution is -2.13. The molecule has 2 aromatic carbocycles. The van der Waals surface area contributed by atoms with E-state index in [2.05, 4.69) is 16.8 Å². The molecule has 1 N–H and O–H groups in total. The maximum absolute atomic E-state index is 5.76. The highest BCUT2D eigenvalue weighted by Crippen LogP contribution is 2.18. The summed E-state index contributed by atoms with van der Waals surface area (Å²) >= 11 is 1.69. The Hall–Kier alpha value is -2.50. The molecule has 0 aliphatic heterocycles. The van der Waals surface area contributed by atoms with Gasteiger partial charge in [-0.2, -0.15) is 0 Å². The van der Waals surface area contributed by atoms with Crippen molar-refractivity contribution in [3.05, 3.63) is 77.7 Å². The van der Waals surface area contributed by atoms with Gasteiger partial charge in [-0.05, 0) is 47.3 Å². The molecule has 4 nitrogen and oxygen atoms in total. The van der Waals surface area contributed by atoms with Gasteiger partial charge in [0.1, 0.15) is 24.7 Å². The molecule has 136 valence electrons. The molecular weight excluding hydrogens is 346 g/mol. The van der Waals surface area contributed by atoms with E-state index in [1.54, 1.807) is 11.3 Å². The Labute approximate surface area is 158 Å². The van der Waals surface area contributed by atoms with E-state index in [9.17, 15) is 0 Å². The highest BCUT2D eigenvalue weighted by atomic mass is 32.1. The van der Waals surface area contributed by atoms with E-state index in [1.807, 2.05) is 60.7 Å². The number of hydrogen-bond acceptors (Lipinski definition) is 5. The summed E-state index contributed by atoms with van der Waals surface area (Å²) in [5, 5.41) is 6.52. The first-order valence-corrected chi connectivity index (χ1v) is 9.53. The predicted molar refractivity (Wildman–Crippen MR) is 106 cm³/mol. The van der Waals surface area contributed by atoms with Gasteiger partial charge in [0.2, 0.25) is 0 Å². The zero-order valence-electron chi connectivity index (χ0n) is 14.6. The predicted octanol–water partition coefficient (Wildman–Crippen LogP) is 4.83. The van der Waals surface area contributed by atoms with Crippen LogP contribution in [0.1, 0.15) is 5.56 Å². The van der Waals surface area contributed by atoms with Gasteiger partial charge in [0.25, 0.3) is 0 Å². The van der Waals surface area contributed by atoms with Gasteiger partial charge >= 0.3 is 0 Å². The Morgan fingerprint density at radius 3 is 2.23 bits per heavy atom. The first-order chi connectivity index (χ1) is 12.9. The summed E-state index contributed by atoms with van der Waals surface area (Å²) in [4.78, 5) is 0. The van der Waals surface area contributed by atoms with Gasteiger partial charge in [-0.3, -0.25) is 0 Å². The summed E-state index contributed by atoms with van der Waals surface area (Å²) in [6.45, 7) is 3.12. The van der Waals surface area contributed by atoms with Crippen LogP contribution in [0, 0.1) is 0 Å². The molecule has 0 aliphatic carbocycles. The van der Waals surface area contributed by atoms with Gasteiger partial charge < -0.3 is 19.5 Å². The van der Waals surface area contributed by atoms with Gasteiger partial charge in [0.15, 0.2) is 0 Å². The van der Waals surface area contributed by atoms with Gasteiger partial charge in [-0.15, -0.1) is 11.3 Å². The quantitative estimate of drug-likeness (QED) is 0.491. The molecule has 3 aromatic rings. The van der Waals surface area contributed by atoms with Crippen LogP contribution in [-0.4, -0.2) is 26.4 Å². The van der Waals surface area contributed by atoms with Crippen LogP contribution in [0.25, 0.3) is 0 Å². The largest absolute Gasteiger partial charge is 0.491 e. The Morgan fingerprint density at radius 2 is 1.50 bits per heavy atom. The molecule has 0 atom stereocenters.